The van der Waals surface area contributed by atoms with E-state index >= 15 is 0 Å². The van der Waals surface area contributed by atoms with Crippen molar-refractivity contribution in [3.63, 3.8) is 0 Å². The smallest absolute Gasteiger partial charge is 0.338 e. The van der Waals surface area contributed by atoms with Crippen molar-refractivity contribution < 1.29 is 23.9 Å². The maximum Gasteiger partial charge on any atom is 0.338 e. The SMILES string of the molecule is CC(C)CCOc1ccc(C(=O)OCC(=O)NC(=O)NC(C)(C)C)cc1. The molecular formula is C19H28N2O5. The first-order chi connectivity index (χ1) is 12.1. The number of carbonyl (C=O) groups is 3. The zero-order valence-corrected chi connectivity index (χ0v) is 16.0. The normalized spacial score (nSPS) is 11.0. The standard InChI is InChI=1S/C19H28N2O5/c1-13(2)10-11-25-15-8-6-14(7-9-15)17(23)26-12-16(22)20-18(24)21-19(3,4)5/h6-9,13H,10-12H2,1-5H3,(H2,20,21,22,24). The molecular weight excluding hydrogens is 336 g/mol. The highest BCUT2D eigenvalue weighted by Crippen LogP contribution is 2.14. The highest BCUT2D eigenvalue weighted by atomic mass is 16.5. The average molecular weight is 364 g/mol. The third-order valence-electron chi connectivity index (χ3n) is 3.13. The Hall–Kier alpha value is -2.57. The molecule has 0 aliphatic carbocycles. The molecule has 0 fully saturated rings. The molecule has 7 nitrogen and oxygen atoms in total. The largest absolute Gasteiger partial charge is 0.494 e. The fraction of sp³-hybridized carbons (Fsp3) is 0.526. The van der Waals surface area contributed by atoms with Crippen LogP contribution in [0.1, 0.15) is 51.4 Å². The Labute approximate surface area is 154 Å². The fourth-order valence-corrected chi connectivity index (χ4v) is 1.85. The van der Waals surface area contributed by atoms with E-state index in [2.05, 4.69) is 24.5 Å². The third-order valence-corrected chi connectivity index (χ3v) is 3.13. The van der Waals surface area contributed by atoms with Crippen molar-refractivity contribution >= 4 is 17.9 Å². The number of ether oxygens (including phenoxy) is 2. The Balaban J connectivity index is 2.40. The molecule has 0 spiro atoms. The summed E-state index contributed by atoms with van der Waals surface area (Å²) in [7, 11) is 0. The molecule has 1 rings (SSSR count). The Morgan fingerprint density at radius 1 is 1.08 bits per heavy atom. The molecule has 0 aliphatic rings. The summed E-state index contributed by atoms with van der Waals surface area (Å²) in [5.74, 6) is -0.126. The van der Waals surface area contributed by atoms with Gasteiger partial charge in [-0.05, 0) is 57.4 Å². The molecule has 0 unspecified atom stereocenters. The first-order valence-corrected chi connectivity index (χ1v) is 8.59. The molecule has 26 heavy (non-hydrogen) atoms. The molecule has 0 aliphatic heterocycles. The van der Waals surface area contributed by atoms with E-state index in [9.17, 15) is 14.4 Å². The summed E-state index contributed by atoms with van der Waals surface area (Å²) >= 11 is 0. The van der Waals surface area contributed by atoms with Crippen molar-refractivity contribution in [3.8, 4) is 5.75 Å². The van der Waals surface area contributed by atoms with E-state index in [1.807, 2.05) is 0 Å². The second-order valence-electron chi connectivity index (χ2n) is 7.38. The van der Waals surface area contributed by atoms with Crippen molar-refractivity contribution in [1.82, 2.24) is 10.6 Å². The van der Waals surface area contributed by atoms with E-state index in [0.29, 0.717) is 23.8 Å². The van der Waals surface area contributed by atoms with Gasteiger partial charge in [-0.2, -0.15) is 0 Å². The summed E-state index contributed by atoms with van der Waals surface area (Å²) in [5.41, 5.74) is -0.173. The lowest BCUT2D eigenvalue weighted by molar-refractivity contribution is -0.123. The van der Waals surface area contributed by atoms with Crippen LogP contribution >= 0.6 is 0 Å². The fourth-order valence-electron chi connectivity index (χ4n) is 1.85. The topological polar surface area (TPSA) is 93.7 Å². The molecule has 0 bridgehead atoms. The number of benzene rings is 1. The second kappa shape index (κ2) is 9.79. The summed E-state index contributed by atoms with van der Waals surface area (Å²) in [6, 6.07) is 5.84. The molecule has 7 heteroatoms. The first kappa shape index (κ1) is 21.5. The number of imide groups is 1. The Morgan fingerprint density at radius 2 is 1.69 bits per heavy atom. The molecule has 3 amide bonds. The van der Waals surface area contributed by atoms with E-state index in [1.54, 1.807) is 45.0 Å². The quantitative estimate of drug-likeness (QED) is 0.726. The minimum atomic E-state index is -0.700. The van der Waals surface area contributed by atoms with Crippen molar-refractivity contribution in [2.75, 3.05) is 13.2 Å². The number of hydrogen-bond donors (Lipinski definition) is 2. The zero-order valence-electron chi connectivity index (χ0n) is 16.0. The third kappa shape index (κ3) is 9.05. The molecule has 1 aromatic carbocycles. The summed E-state index contributed by atoms with van der Waals surface area (Å²) in [5, 5.41) is 4.67. The number of amides is 3. The lowest BCUT2D eigenvalue weighted by Gasteiger charge is -2.20. The molecule has 0 radical (unpaired) electrons. The van der Waals surface area contributed by atoms with Crippen LogP contribution in [0.3, 0.4) is 0 Å². The van der Waals surface area contributed by atoms with Crippen LogP contribution in [0.2, 0.25) is 0 Å². The maximum atomic E-state index is 11.9. The van der Waals surface area contributed by atoms with Gasteiger partial charge >= 0.3 is 12.0 Å². The average Bonchev–Trinajstić information content (AvgIpc) is 2.51. The predicted molar refractivity (Wildman–Crippen MR) is 98.1 cm³/mol. The van der Waals surface area contributed by atoms with Crippen molar-refractivity contribution in [3.05, 3.63) is 29.8 Å². The summed E-state index contributed by atoms with van der Waals surface area (Å²) in [6.45, 7) is 9.66. The first-order valence-electron chi connectivity index (χ1n) is 8.59. The highest BCUT2D eigenvalue weighted by Gasteiger charge is 2.17. The maximum absolute atomic E-state index is 11.9. The van der Waals surface area contributed by atoms with Gasteiger partial charge in [-0.25, -0.2) is 9.59 Å². The van der Waals surface area contributed by atoms with Gasteiger partial charge < -0.3 is 14.8 Å². The molecule has 1 aromatic rings. The summed E-state index contributed by atoms with van der Waals surface area (Å²) in [6.07, 6.45) is 0.946. The van der Waals surface area contributed by atoms with Crippen LogP contribution in [0.25, 0.3) is 0 Å². The Morgan fingerprint density at radius 3 is 2.23 bits per heavy atom. The van der Waals surface area contributed by atoms with Gasteiger partial charge in [-0.1, -0.05) is 13.8 Å². The Bertz CT molecular complexity index is 618. The van der Waals surface area contributed by atoms with E-state index in [0.717, 1.165) is 6.42 Å². The lowest BCUT2D eigenvalue weighted by atomic mass is 10.1. The van der Waals surface area contributed by atoms with Gasteiger partial charge in [-0.3, -0.25) is 10.1 Å². The van der Waals surface area contributed by atoms with Crippen LogP contribution in [-0.2, 0) is 9.53 Å². The summed E-state index contributed by atoms with van der Waals surface area (Å²) in [4.78, 5) is 35.1. The molecule has 0 saturated heterocycles. The molecule has 0 aromatic heterocycles. The minimum absolute atomic E-state index is 0.299. The van der Waals surface area contributed by atoms with E-state index in [4.69, 9.17) is 9.47 Å². The molecule has 0 saturated carbocycles. The van der Waals surface area contributed by atoms with E-state index in [-0.39, 0.29) is 0 Å². The van der Waals surface area contributed by atoms with Crippen molar-refractivity contribution in [1.29, 1.82) is 0 Å². The van der Waals surface area contributed by atoms with Crippen LogP contribution in [-0.4, -0.2) is 36.7 Å². The number of carbonyl (C=O) groups excluding carboxylic acids is 3. The van der Waals surface area contributed by atoms with Crippen molar-refractivity contribution in [2.24, 2.45) is 5.92 Å². The zero-order chi connectivity index (χ0) is 19.7. The molecule has 2 N–H and O–H groups in total. The summed E-state index contributed by atoms with van der Waals surface area (Å²) < 4.78 is 10.5. The van der Waals surface area contributed by atoms with Crippen LogP contribution in [0.15, 0.2) is 24.3 Å². The van der Waals surface area contributed by atoms with Gasteiger partial charge in [0.2, 0.25) is 0 Å². The van der Waals surface area contributed by atoms with Crippen LogP contribution in [0.5, 0.6) is 5.75 Å². The van der Waals surface area contributed by atoms with Gasteiger partial charge in [0.1, 0.15) is 5.75 Å². The number of rotatable bonds is 7. The van der Waals surface area contributed by atoms with Gasteiger partial charge in [0, 0.05) is 5.54 Å². The molecule has 0 heterocycles. The Kier molecular flexibility index (Phi) is 8.09. The number of urea groups is 1. The van der Waals surface area contributed by atoms with E-state index in [1.165, 1.54) is 0 Å². The van der Waals surface area contributed by atoms with Gasteiger partial charge in [-0.15, -0.1) is 0 Å². The number of hydrogen-bond acceptors (Lipinski definition) is 5. The minimum Gasteiger partial charge on any atom is -0.494 e. The second-order valence-corrected chi connectivity index (χ2v) is 7.38. The molecule has 0 atom stereocenters. The highest BCUT2D eigenvalue weighted by molar-refractivity contribution is 5.97. The van der Waals surface area contributed by atoms with Gasteiger partial charge in [0.15, 0.2) is 6.61 Å². The van der Waals surface area contributed by atoms with Gasteiger partial charge in [0.05, 0.1) is 12.2 Å². The predicted octanol–water partition coefficient (Wildman–Crippen LogP) is 2.89. The van der Waals surface area contributed by atoms with Crippen LogP contribution in [0, 0.1) is 5.92 Å². The number of esters is 1. The van der Waals surface area contributed by atoms with Crippen LogP contribution < -0.4 is 15.4 Å². The van der Waals surface area contributed by atoms with Crippen molar-refractivity contribution in [2.45, 2.75) is 46.6 Å². The monoisotopic (exact) mass is 364 g/mol. The molecule has 144 valence electrons. The number of nitrogens with one attached hydrogen (secondary N) is 2. The lowest BCUT2D eigenvalue weighted by Crippen LogP contribution is -2.49. The van der Waals surface area contributed by atoms with E-state index < -0.39 is 30.1 Å². The van der Waals surface area contributed by atoms with Gasteiger partial charge in [0.25, 0.3) is 5.91 Å². The van der Waals surface area contributed by atoms with Crippen LogP contribution in [0.4, 0.5) is 4.79 Å².